The lowest BCUT2D eigenvalue weighted by atomic mass is 9.96. The van der Waals surface area contributed by atoms with Crippen LogP contribution in [0.5, 0.6) is 17.2 Å². The van der Waals surface area contributed by atoms with Crippen molar-refractivity contribution in [2.45, 2.75) is 18.6 Å². The van der Waals surface area contributed by atoms with Gasteiger partial charge in [0.05, 0.1) is 19.8 Å². The highest BCUT2D eigenvalue weighted by atomic mass is 16.5. The van der Waals surface area contributed by atoms with Crippen molar-refractivity contribution in [2.75, 3.05) is 27.3 Å². The Bertz CT molecular complexity index is 1510. The van der Waals surface area contributed by atoms with Gasteiger partial charge in [-0.05, 0) is 40.8 Å². The largest absolute Gasteiger partial charge is 0.496 e. The Kier molecular flexibility index (Phi) is 5.36. The van der Waals surface area contributed by atoms with Crippen LogP contribution < -0.4 is 19.5 Å². The number of hydrogen-bond acceptors (Lipinski definition) is 9. The molecule has 4 aromatic rings. The number of ether oxygens (including phenoxy) is 3. The van der Waals surface area contributed by atoms with Crippen LogP contribution in [0.15, 0.2) is 42.5 Å². The molecule has 0 saturated carbocycles. The number of piperidine rings is 1. The maximum Gasteiger partial charge on any atom is 0.272 e. The number of benzene rings is 2. The Morgan fingerprint density at radius 1 is 1.08 bits per heavy atom. The number of nitrogens with zero attached hydrogens (tertiary/aromatic N) is 5. The van der Waals surface area contributed by atoms with Crippen LogP contribution in [0.2, 0.25) is 0 Å². The first-order valence-corrected chi connectivity index (χ1v) is 11.7. The van der Waals surface area contributed by atoms with Crippen LogP contribution in [0.25, 0.3) is 22.3 Å². The molecule has 2 aliphatic heterocycles. The number of aromatic amines is 1. The number of likely N-dealkylation sites (tertiary alicyclic amines) is 1. The molecule has 12 heteroatoms. The van der Waals surface area contributed by atoms with Gasteiger partial charge in [-0.25, -0.2) is 10.1 Å². The summed E-state index contributed by atoms with van der Waals surface area (Å²) in [5.74, 6) is 1.56. The van der Waals surface area contributed by atoms with Gasteiger partial charge < -0.3 is 24.4 Å². The zero-order valence-electron chi connectivity index (χ0n) is 20.1. The number of H-pyrrole nitrogens is 1. The van der Waals surface area contributed by atoms with Crippen molar-refractivity contribution in [3.8, 4) is 28.6 Å². The maximum absolute atomic E-state index is 13.4. The number of nitrogens with one attached hydrogen (secondary N) is 2. The standard InChI is InChI=1S/C25H23N7O5/c1-35-19-5-3-4-15-20(36-2)13-17(26-21(15)19)24(34)32-10-8-25(9-11-32)27-23(33)16-12-14(6-7-18(16)37-25)22-28-30-31-29-22/h3-7,12-13H,8-11H2,1-2H3,(H,27,33)(H,28,29,30,31). The molecule has 2 N–H and O–H groups in total. The molecule has 2 aliphatic rings. The summed E-state index contributed by atoms with van der Waals surface area (Å²) in [4.78, 5) is 32.7. The monoisotopic (exact) mass is 501 g/mol. The van der Waals surface area contributed by atoms with Crippen LogP contribution in [-0.2, 0) is 0 Å². The van der Waals surface area contributed by atoms with Crippen LogP contribution in [0, 0.1) is 0 Å². The fourth-order valence-corrected chi connectivity index (χ4v) is 4.83. The molecule has 2 amide bonds. The van der Waals surface area contributed by atoms with Crippen molar-refractivity contribution < 1.29 is 23.8 Å². The summed E-state index contributed by atoms with van der Waals surface area (Å²) >= 11 is 0. The molecular formula is C25H23N7O5. The van der Waals surface area contributed by atoms with Crippen molar-refractivity contribution in [2.24, 2.45) is 0 Å². The van der Waals surface area contributed by atoms with Crippen molar-refractivity contribution in [1.82, 2.24) is 35.8 Å². The van der Waals surface area contributed by atoms with Gasteiger partial charge >= 0.3 is 0 Å². The summed E-state index contributed by atoms with van der Waals surface area (Å²) in [6.45, 7) is 0.758. The summed E-state index contributed by atoms with van der Waals surface area (Å²) in [6.07, 6.45) is 0.845. The Morgan fingerprint density at radius 3 is 2.62 bits per heavy atom. The first-order valence-electron chi connectivity index (χ1n) is 11.7. The van der Waals surface area contributed by atoms with Gasteiger partial charge in [0, 0.05) is 42.9 Å². The highest BCUT2D eigenvalue weighted by Crippen LogP contribution is 2.36. The molecule has 37 heavy (non-hydrogen) atoms. The van der Waals surface area contributed by atoms with Crippen molar-refractivity contribution in [3.05, 3.63) is 53.7 Å². The lowest BCUT2D eigenvalue weighted by molar-refractivity contribution is -0.0246. The summed E-state index contributed by atoms with van der Waals surface area (Å²) in [5, 5.41) is 17.5. The molecule has 1 fully saturated rings. The number of rotatable bonds is 4. The van der Waals surface area contributed by atoms with Gasteiger partial charge in [-0.3, -0.25) is 9.59 Å². The lowest BCUT2D eigenvalue weighted by Gasteiger charge is -2.44. The van der Waals surface area contributed by atoms with Gasteiger partial charge in [0.25, 0.3) is 11.8 Å². The molecule has 1 spiro atoms. The minimum absolute atomic E-state index is 0.228. The normalized spacial score (nSPS) is 16.2. The number of aromatic nitrogens is 5. The second kappa shape index (κ2) is 8.73. The van der Waals surface area contributed by atoms with E-state index in [-0.39, 0.29) is 17.5 Å². The topological polar surface area (TPSA) is 144 Å². The van der Waals surface area contributed by atoms with E-state index in [1.165, 1.54) is 0 Å². The number of para-hydroxylation sites is 1. The number of hydrogen-bond donors (Lipinski definition) is 2. The fourth-order valence-electron chi connectivity index (χ4n) is 4.83. The van der Waals surface area contributed by atoms with E-state index >= 15 is 0 Å². The van der Waals surface area contributed by atoms with E-state index in [2.05, 4.69) is 30.9 Å². The van der Waals surface area contributed by atoms with E-state index in [4.69, 9.17) is 14.2 Å². The Hall–Kier alpha value is -4.74. The Balaban J connectivity index is 1.21. The minimum Gasteiger partial charge on any atom is -0.496 e. The van der Waals surface area contributed by atoms with E-state index in [0.29, 0.717) is 65.6 Å². The smallest absolute Gasteiger partial charge is 0.272 e. The molecule has 188 valence electrons. The molecule has 0 bridgehead atoms. The number of carbonyl (C=O) groups excluding carboxylic acids is 2. The second-order valence-corrected chi connectivity index (χ2v) is 8.87. The molecule has 1 saturated heterocycles. The average molecular weight is 502 g/mol. The van der Waals surface area contributed by atoms with E-state index in [9.17, 15) is 9.59 Å². The number of amides is 2. The van der Waals surface area contributed by atoms with Crippen LogP contribution in [0.1, 0.15) is 33.7 Å². The summed E-state index contributed by atoms with van der Waals surface area (Å²) in [5.41, 5.74) is 1.00. The van der Waals surface area contributed by atoms with E-state index in [1.807, 2.05) is 12.1 Å². The fraction of sp³-hybridized carbons (Fsp3) is 0.280. The number of tetrazole rings is 1. The molecule has 2 aromatic carbocycles. The zero-order valence-corrected chi connectivity index (χ0v) is 20.1. The molecule has 6 rings (SSSR count). The number of methoxy groups -OCH3 is 2. The third kappa shape index (κ3) is 3.86. The third-order valence-corrected chi connectivity index (χ3v) is 6.77. The van der Waals surface area contributed by atoms with Crippen molar-refractivity contribution in [3.63, 3.8) is 0 Å². The average Bonchev–Trinajstić information content (AvgIpc) is 3.47. The van der Waals surface area contributed by atoms with Gasteiger partial charge in [-0.1, -0.05) is 6.07 Å². The zero-order chi connectivity index (χ0) is 25.6. The van der Waals surface area contributed by atoms with Gasteiger partial charge in [-0.15, -0.1) is 5.10 Å². The molecule has 0 aliphatic carbocycles. The second-order valence-electron chi connectivity index (χ2n) is 8.87. The van der Waals surface area contributed by atoms with Crippen LogP contribution in [0.4, 0.5) is 0 Å². The molecule has 0 atom stereocenters. The number of carbonyl (C=O) groups is 2. The lowest BCUT2D eigenvalue weighted by Crippen LogP contribution is -2.61. The SMILES string of the molecule is COc1cc(C(=O)N2CCC3(CC2)NC(=O)c2cc(-c4nnn[nH]4)ccc2O3)nc2c(OC)cccc12. The number of fused-ring (bicyclic) bond motifs is 2. The number of pyridine rings is 1. The Morgan fingerprint density at radius 2 is 1.89 bits per heavy atom. The van der Waals surface area contributed by atoms with Crippen molar-refractivity contribution in [1.29, 1.82) is 0 Å². The predicted molar refractivity (Wildman–Crippen MR) is 130 cm³/mol. The van der Waals surface area contributed by atoms with Crippen LogP contribution in [-0.4, -0.2) is 75.4 Å². The van der Waals surface area contributed by atoms with Gasteiger partial charge in [-0.2, -0.15) is 0 Å². The predicted octanol–water partition coefficient (Wildman–Crippen LogP) is 2.19. The quantitative estimate of drug-likeness (QED) is 0.430. The summed E-state index contributed by atoms with van der Waals surface area (Å²) in [6, 6.07) is 12.4. The summed E-state index contributed by atoms with van der Waals surface area (Å²) < 4.78 is 17.2. The van der Waals surface area contributed by atoms with Gasteiger partial charge in [0.2, 0.25) is 0 Å². The first kappa shape index (κ1) is 22.7. The van der Waals surface area contributed by atoms with Gasteiger partial charge in [0.15, 0.2) is 11.5 Å². The Labute approximate surface area is 210 Å². The van der Waals surface area contributed by atoms with Crippen molar-refractivity contribution >= 4 is 22.7 Å². The molecule has 12 nitrogen and oxygen atoms in total. The summed E-state index contributed by atoms with van der Waals surface area (Å²) in [7, 11) is 3.11. The highest BCUT2D eigenvalue weighted by molar-refractivity contribution is 6.00. The molecule has 4 heterocycles. The van der Waals surface area contributed by atoms with E-state index in [0.717, 1.165) is 5.39 Å². The van der Waals surface area contributed by atoms with Crippen LogP contribution >= 0.6 is 0 Å². The van der Waals surface area contributed by atoms with Gasteiger partial charge in [0.1, 0.15) is 28.5 Å². The van der Waals surface area contributed by atoms with E-state index in [1.54, 1.807) is 49.5 Å². The van der Waals surface area contributed by atoms with E-state index < -0.39 is 5.72 Å². The molecular weight excluding hydrogens is 478 g/mol. The molecule has 0 unspecified atom stereocenters. The van der Waals surface area contributed by atoms with Crippen LogP contribution in [0.3, 0.4) is 0 Å². The molecule has 2 aromatic heterocycles. The minimum atomic E-state index is -0.895. The highest BCUT2D eigenvalue weighted by Gasteiger charge is 2.43. The third-order valence-electron chi connectivity index (χ3n) is 6.77. The first-order chi connectivity index (χ1) is 18.0. The molecule has 0 radical (unpaired) electrons. The maximum atomic E-state index is 13.4.